The molecule has 1 aliphatic heterocycles. The highest BCUT2D eigenvalue weighted by atomic mass is 19.1. The molecule has 0 bridgehead atoms. The van der Waals surface area contributed by atoms with E-state index in [2.05, 4.69) is 15.3 Å². The number of halogens is 2. The number of carbonyl (C=O) groups is 1. The molecule has 1 N–H and O–H groups in total. The number of urea groups is 1. The maximum absolute atomic E-state index is 13.9. The Morgan fingerprint density at radius 1 is 1.09 bits per heavy atom. The quantitative estimate of drug-likeness (QED) is 0.618. The summed E-state index contributed by atoms with van der Waals surface area (Å²) in [7, 11) is 1.59. The molecule has 33 heavy (non-hydrogen) atoms. The Bertz CT molecular complexity index is 1130. The van der Waals surface area contributed by atoms with Gasteiger partial charge >= 0.3 is 6.03 Å². The molecule has 1 aliphatic rings. The highest BCUT2D eigenvalue weighted by molar-refractivity contribution is 5.89. The third-order valence-corrected chi connectivity index (χ3v) is 5.29. The van der Waals surface area contributed by atoms with Crippen LogP contribution in [0.4, 0.5) is 25.1 Å². The first-order valence-electron chi connectivity index (χ1n) is 10.3. The van der Waals surface area contributed by atoms with E-state index in [0.29, 0.717) is 36.9 Å². The van der Waals surface area contributed by atoms with Gasteiger partial charge in [0.25, 0.3) is 0 Å². The van der Waals surface area contributed by atoms with Crippen molar-refractivity contribution in [3.8, 4) is 17.4 Å². The smallest absolute Gasteiger partial charge is 0.322 e. The average Bonchev–Trinajstić information content (AvgIpc) is 2.81. The topological polar surface area (TPSA) is 79.8 Å². The number of anilines is 2. The van der Waals surface area contributed by atoms with E-state index in [1.807, 2.05) is 11.8 Å². The lowest BCUT2D eigenvalue weighted by molar-refractivity contribution is 0.184. The number of nitrogens with zero attached hydrogens (tertiary/aromatic N) is 4. The van der Waals surface area contributed by atoms with Gasteiger partial charge in [0.05, 0.1) is 7.11 Å². The van der Waals surface area contributed by atoms with Gasteiger partial charge in [-0.25, -0.2) is 23.5 Å². The fraction of sp³-hybridized carbons (Fsp3) is 0.261. The summed E-state index contributed by atoms with van der Waals surface area (Å²) in [5.41, 5.74) is 0.682. The second-order valence-corrected chi connectivity index (χ2v) is 7.54. The SMILES string of the molecule is COc1ccc(NC(=O)N2CCN(c3cc(Oc4ccc(F)cc4F)ncn3)C[C@@H]2C)cc1. The maximum Gasteiger partial charge on any atom is 0.322 e. The number of nitrogens with one attached hydrogen (secondary N) is 1. The van der Waals surface area contributed by atoms with E-state index < -0.39 is 11.6 Å². The van der Waals surface area contributed by atoms with E-state index >= 15 is 0 Å². The van der Waals surface area contributed by atoms with Crippen molar-refractivity contribution in [3.63, 3.8) is 0 Å². The Morgan fingerprint density at radius 3 is 2.58 bits per heavy atom. The molecule has 172 valence electrons. The predicted octanol–water partition coefficient (Wildman–Crippen LogP) is 4.30. The van der Waals surface area contributed by atoms with E-state index in [1.54, 1.807) is 42.3 Å². The van der Waals surface area contributed by atoms with E-state index in [4.69, 9.17) is 9.47 Å². The van der Waals surface area contributed by atoms with Crippen LogP contribution in [0.1, 0.15) is 6.92 Å². The largest absolute Gasteiger partial charge is 0.497 e. The molecule has 10 heteroatoms. The minimum absolute atomic E-state index is 0.0918. The van der Waals surface area contributed by atoms with Gasteiger partial charge in [-0.1, -0.05) is 0 Å². The summed E-state index contributed by atoms with van der Waals surface area (Å²) < 4.78 is 37.6. The Morgan fingerprint density at radius 2 is 1.88 bits per heavy atom. The number of ether oxygens (including phenoxy) is 2. The second-order valence-electron chi connectivity index (χ2n) is 7.54. The molecular weight excluding hydrogens is 432 g/mol. The third-order valence-electron chi connectivity index (χ3n) is 5.29. The van der Waals surface area contributed by atoms with Gasteiger partial charge in [-0.3, -0.25) is 0 Å². The number of amides is 2. The molecule has 8 nitrogen and oxygen atoms in total. The van der Waals surface area contributed by atoms with Crippen molar-refractivity contribution >= 4 is 17.5 Å². The summed E-state index contributed by atoms with van der Waals surface area (Å²) in [6, 6.07) is 11.5. The van der Waals surface area contributed by atoms with Crippen LogP contribution >= 0.6 is 0 Å². The summed E-state index contributed by atoms with van der Waals surface area (Å²) in [6.45, 7) is 3.52. The van der Waals surface area contributed by atoms with E-state index in [0.717, 1.165) is 12.1 Å². The van der Waals surface area contributed by atoms with Crippen LogP contribution in [0.5, 0.6) is 17.4 Å². The van der Waals surface area contributed by atoms with Crippen LogP contribution in [0.2, 0.25) is 0 Å². The van der Waals surface area contributed by atoms with Gasteiger partial charge in [0.2, 0.25) is 5.88 Å². The van der Waals surface area contributed by atoms with Crippen LogP contribution in [-0.2, 0) is 0 Å². The second kappa shape index (κ2) is 9.68. The van der Waals surface area contributed by atoms with Gasteiger partial charge in [-0.15, -0.1) is 0 Å². The van der Waals surface area contributed by atoms with Crippen molar-refractivity contribution in [2.24, 2.45) is 0 Å². The van der Waals surface area contributed by atoms with Gasteiger partial charge in [0.1, 0.15) is 23.7 Å². The fourth-order valence-corrected chi connectivity index (χ4v) is 3.57. The fourth-order valence-electron chi connectivity index (χ4n) is 3.57. The first-order chi connectivity index (χ1) is 15.9. The lowest BCUT2D eigenvalue weighted by atomic mass is 10.2. The van der Waals surface area contributed by atoms with Gasteiger partial charge in [-0.2, -0.15) is 0 Å². The van der Waals surface area contributed by atoms with Crippen molar-refractivity contribution in [2.75, 3.05) is 37.0 Å². The first kappa shape index (κ1) is 22.3. The number of aromatic nitrogens is 2. The third kappa shape index (κ3) is 5.28. The Hall–Kier alpha value is -3.95. The standard InChI is InChI=1S/C23H23F2N5O3/c1-15-13-29(9-10-30(15)23(31)28-17-4-6-18(32-2)7-5-17)21-12-22(27-14-26-21)33-20-8-3-16(24)11-19(20)25/h3-8,11-12,14-15H,9-10,13H2,1-2H3,(H,28,31)/t15-/m0/s1. The van der Waals surface area contributed by atoms with Gasteiger partial charge in [0.15, 0.2) is 11.6 Å². The Balaban J connectivity index is 1.39. The average molecular weight is 455 g/mol. The number of benzene rings is 2. The molecule has 0 saturated carbocycles. The molecule has 4 rings (SSSR count). The van der Waals surface area contributed by atoms with Crippen LogP contribution in [-0.4, -0.2) is 53.7 Å². The lowest BCUT2D eigenvalue weighted by Crippen LogP contribution is -2.55. The molecule has 0 spiro atoms. The van der Waals surface area contributed by atoms with Crippen molar-refractivity contribution in [3.05, 3.63) is 66.5 Å². The predicted molar refractivity (Wildman–Crippen MR) is 119 cm³/mol. The first-order valence-corrected chi connectivity index (χ1v) is 10.3. The zero-order chi connectivity index (χ0) is 23.4. The molecule has 1 saturated heterocycles. The number of rotatable bonds is 5. The van der Waals surface area contributed by atoms with Crippen LogP contribution in [0.25, 0.3) is 0 Å². The van der Waals surface area contributed by atoms with Gasteiger partial charge in [-0.05, 0) is 43.3 Å². The molecule has 1 aromatic heterocycles. The summed E-state index contributed by atoms with van der Waals surface area (Å²) in [4.78, 5) is 24.8. The van der Waals surface area contributed by atoms with Gasteiger partial charge < -0.3 is 24.6 Å². The number of piperazine rings is 1. The Kier molecular flexibility index (Phi) is 6.53. The van der Waals surface area contributed by atoms with E-state index in [-0.39, 0.29) is 23.7 Å². The molecule has 1 fully saturated rings. The normalized spacial score (nSPS) is 15.8. The molecule has 1 atom stereocenters. The molecule has 3 aromatic rings. The van der Waals surface area contributed by atoms with E-state index in [1.165, 1.54) is 12.4 Å². The summed E-state index contributed by atoms with van der Waals surface area (Å²) >= 11 is 0. The summed E-state index contributed by atoms with van der Waals surface area (Å²) in [5.74, 6) is -0.200. The van der Waals surface area contributed by atoms with Crippen molar-refractivity contribution in [1.29, 1.82) is 0 Å². The lowest BCUT2D eigenvalue weighted by Gasteiger charge is -2.40. The minimum atomic E-state index is -0.819. The number of methoxy groups -OCH3 is 1. The summed E-state index contributed by atoms with van der Waals surface area (Å²) in [5, 5.41) is 2.90. The van der Waals surface area contributed by atoms with Crippen molar-refractivity contribution < 1.29 is 23.0 Å². The minimum Gasteiger partial charge on any atom is -0.497 e. The number of hydrogen-bond acceptors (Lipinski definition) is 6. The zero-order valence-corrected chi connectivity index (χ0v) is 18.2. The number of hydrogen-bond donors (Lipinski definition) is 1. The molecule has 0 unspecified atom stereocenters. The van der Waals surface area contributed by atoms with Crippen LogP contribution in [0.15, 0.2) is 54.9 Å². The molecular formula is C23H23F2N5O3. The van der Waals surface area contributed by atoms with Crippen molar-refractivity contribution in [2.45, 2.75) is 13.0 Å². The number of carbonyl (C=O) groups excluding carboxylic acids is 1. The summed E-state index contributed by atoms with van der Waals surface area (Å²) in [6.07, 6.45) is 1.32. The zero-order valence-electron chi connectivity index (χ0n) is 18.2. The van der Waals surface area contributed by atoms with Gasteiger partial charge in [0, 0.05) is 43.5 Å². The molecule has 2 aromatic carbocycles. The highest BCUT2D eigenvalue weighted by Crippen LogP contribution is 2.26. The highest BCUT2D eigenvalue weighted by Gasteiger charge is 2.28. The maximum atomic E-state index is 13.9. The molecule has 0 radical (unpaired) electrons. The molecule has 0 aliphatic carbocycles. The van der Waals surface area contributed by atoms with Crippen molar-refractivity contribution in [1.82, 2.24) is 14.9 Å². The Labute approximate surface area is 189 Å². The van der Waals surface area contributed by atoms with E-state index in [9.17, 15) is 13.6 Å². The monoisotopic (exact) mass is 455 g/mol. The van der Waals surface area contributed by atoms with Crippen LogP contribution in [0, 0.1) is 11.6 Å². The van der Waals surface area contributed by atoms with Crippen LogP contribution in [0.3, 0.4) is 0 Å². The molecule has 2 heterocycles. The van der Waals surface area contributed by atoms with Crippen LogP contribution < -0.4 is 19.7 Å². The molecule has 2 amide bonds.